The number of ketones is 1. The van der Waals surface area contributed by atoms with Gasteiger partial charge in [0.25, 0.3) is 0 Å². The van der Waals surface area contributed by atoms with E-state index in [1.54, 1.807) is 29.2 Å². The highest BCUT2D eigenvalue weighted by molar-refractivity contribution is 7.94. The topological polar surface area (TPSA) is 111 Å². The third-order valence-electron chi connectivity index (χ3n) is 9.54. The first-order chi connectivity index (χ1) is 26.2. The average Bonchev–Trinajstić information content (AvgIpc) is 3.69. The van der Waals surface area contributed by atoms with E-state index >= 15 is 0 Å². The number of aromatic nitrogens is 2. The van der Waals surface area contributed by atoms with Crippen LogP contribution in [0.4, 0.5) is 10.5 Å². The fourth-order valence-corrected chi connectivity index (χ4v) is 8.60. The fourth-order valence-electron chi connectivity index (χ4n) is 6.65. The normalized spacial score (nSPS) is 16.1. The number of ether oxygens (including phenoxy) is 2. The molecular formula is C42H42Cl2N4O6S. The maximum absolute atomic E-state index is 12.5. The lowest BCUT2D eigenvalue weighted by molar-refractivity contribution is -0.114. The minimum atomic E-state index is -3.68. The lowest BCUT2D eigenvalue weighted by Gasteiger charge is -2.32. The Balaban J connectivity index is 1.03. The van der Waals surface area contributed by atoms with Crippen molar-refractivity contribution in [3.05, 3.63) is 119 Å². The number of nitrogens with zero attached hydrogens (tertiary/aromatic N) is 4. The molecule has 0 aliphatic carbocycles. The molecule has 0 atom stereocenters. The Morgan fingerprint density at radius 2 is 1.51 bits per heavy atom. The maximum atomic E-state index is 12.5. The number of rotatable bonds is 9. The van der Waals surface area contributed by atoms with Gasteiger partial charge in [-0.1, -0.05) is 80.4 Å². The van der Waals surface area contributed by atoms with Crippen LogP contribution in [-0.4, -0.2) is 72.8 Å². The van der Waals surface area contributed by atoms with Gasteiger partial charge in [0.05, 0.1) is 29.6 Å². The Bertz CT molecular complexity index is 2300. The summed E-state index contributed by atoms with van der Waals surface area (Å²) < 4.78 is 39.9. The number of carbonyl (C=O) groups excluding carboxylic acids is 2. The molecule has 286 valence electrons. The second kappa shape index (κ2) is 15.7. The summed E-state index contributed by atoms with van der Waals surface area (Å²) >= 11 is 12.8. The van der Waals surface area contributed by atoms with Crippen LogP contribution in [0.2, 0.25) is 10.0 Å². The molecule has 2 aliphatic heterocycles. The number of imidazole rings is 1. The van der Waals surface area contributed by atoms with Crippen molar-refractivity contribution in [3.8, 4) is 33.8 Å². The largest absolute Gasteiger partial charge is 0.490 e. The molecule has 0 bridgehead atoms. The van der Waals surface area contributed by atoms with Crippen LogP contribution in [0.3, 0.4) is 0 Å². The van der Waals surface area contributed by atoms with Gasteiger partial charge in [-0.2, -0.15) is 0 Å². The molecule has 2 fully saturated rings. The van der Waals surface area contributed by atoms with Gasteiger partial charge in [-0.05, 0) is 76.7 Å². The number of hydrogen-bond acceptors (Lipinski definition) is 7. The molecule has 5 aromatic rings. The number of amides is 1. The number of anilines is 1. The summed E-state index contributed by atoms with van der Waals surface area (Å²) in [6, 6.07) is 28.7. The molecule has 0 radical (unpaired) electrons. The van der Waals surface area contributed by atoms with Gasteiger partial charge in [-0.3, -0.25) is 9.10 Å². The van der Waals surface area contributed by atoms with Crippen LogP contribution < -0.4 is 9.04 Å². The van der Waals surface area contributed by atoms with Crippen molar-refractivity contribution in [2.75, 3.05) is 36.3 Å². The molecule has 0 unspecified atom stereocenters. The van der Waals surface area contributed by atoms with Crippen molar-refractivity contribution in [2.45, 2.75) is 46.1 Å². The zero-order valence-corrected chi connectivity index (χ0v) is 33.2. The maximum Gasteiger partial charge on any atom is 0.409 e. The number of piperidine rings is 1. The monoisotopic (exact) mass is 800 g/mol. The van der Waals surface area contributed by atoms with E-state index < -0.39 is 15.8 Å². The molecule has 0 N–H and O–H groups in total. The number of benzene rings is 4. The number of hydrogen-bond donors (Lipinski definition) is 0. The molecule has 7 rings (SSSR count). The highest BCUT2D eigenvalue weighted by Gasteiger charge is 2.35. The third-order valence-corrected chi connectivity index (χ3v) is 11.8. The summed E-state index contributed by atoms with van der Waals surface area (Å²) in [6.45, 7) is 7.57. The average molecular weight is 802 g/mol. The molecule has 0 saturated carbocycles. The molecule has 3 heterocycles. The van der Waals surface area contributed by atoms with Crippen molar-refractivity contribution in [1.82, 2.24) is 14.5 Å². The first-order valence-electron chi connectivity index (χ1n) is 18.1. The Morgan fingerprint density at radius 3 is 2.11 bits per heavy atom. The molecule has 55 heavy (non-hydrogen) atoms. The van der Waals surface area contributed by atoms with E-state index in [2.05, 4.69) is 24.3 Å². The number of halogens is 2. The van der Waals surface area contributed by atoms with Crippen LogP contribution in [0, 0.1) is 5.41 Å². The standard InChI is InChI=1S/C42H42Cl2N4O6S/c1-42(2,3)27-53-41(50)46-20-18-36(19-21-46)54-35-15-8-30(9-16-35)29-6-4-28(5-7-29)22-40-45-39(37-17-10-31(43)23-38(37)44)25-47(40)32-11-13-33(14-12-32)48-24-34(49)26-55(48,51)52/h4-17,23,25,36H,18-22,24,26-27H2,1-3H3. The number of sulfonamides is 1. The van der Waals surface area contributed by atoms with Gasteiger partial charge in [-0.25, -0.2) is 18.2 Å². The highest BCUT2D eigenvalue weighted by Crippen LogP contribution is 2.33. The van der Waals surface area contributed by atoms with Crippen molar-refractivity contribution in [1.29, 1.82) is 0 Å². The first-order valence-corrected chi connectivity index (χ1v) is 20.5. The van der Waals surface area contributed by atoms with Crippen molar-refractivity contribution in [3.63, 3.8) is 0 Å². The SMILES string of the molecule is CC(C)(C)COC(=O)N1CCC(Oc2ccc(-c3ccc(Cc4nc(-c5ccc(Cl)cc5Cl)cn4-c4ccc(N5CC(=O)CS5(=O)=O)cc4)cc3)cc2)CC1. The second-order valence-corrected chi connectivity index (χ2v) is 17.9. The van der Waals surface area contributed by atoms with E-state index in [0.717, 1.165) is 56.7 Å². The van der Waals surface area contributed by atoms with E-state index in [-0.39, 0.29) is 29.9 Å². The Morgan fingerprint density at radius 1 is 0.873 bits per heavy atom. The number of likely N-dealkylation sites (tertiary alicyclic amines) is 1. The number of Topliss-reactive ketones (excluding diaryl/α,β-unsaturated/α-hetero) is 1. The molecule has 1 amide bonds. The van der Waals surface area contributed by atoms with Gasteiger partial charge in [0.15, 0.2) is 5.78 Å². The first kappa shape index (κ1) is 38.4. The molecule has 10 nitrogen and oxygen atoms in total. The predicted octanol–water partition coefficient (Wildman–Crippen LogP) is 8.85. The molecule has 2 aliphatic rings. The van der Waals surface area contributed by atoms with Gasteiger partial charge in [0.2, 0.25) is 10.0 Å². The molecule has 13 heteroatoms. The molecule has 2 saturated heterocycles. The van der Waals surface area contributed by atoms with E-state index in [1.165, 1.54) is 0 Å². The van der Waals surface area contributed by atoms with Gasteiger partial charge < -0.3 is 18.9 Å². The molecule has 4 aromatic carbocycles. The Kier molecular flexibility index (Phi) is 11.0. The summed E-state index contributed by atoms with van der Waals surface area (Å²) in [4.78, 5) is 31.1. The smallest absolute Gasteiger partial charge is 0.409 e. The number of carbonyl (C=O) groups is 2. The van der Waals surface area contributed by atoms with E-state index in [0.29, 0.717) is 47.5 Å². The lowest BCUT2D eigenvalue weighted by Crippen LogP contribution is -2.42. The molecule has 0 spiro atoms. The van der Waals surface area contributed by atoms with Crippen molar-refractivity contribution >= 4 is 50.8 Å². The summed E-state index contributed by atoms with van der Waals surface area (Å²) in [5, 5.41) is 0.997. The van der Waals surface area contributed by atoms with Crippen molar-refractivity contribution in [2.24, 2.45) is 5.41 Å². The second-order valence-electron chi connectivity index (χ2n) is 15.2. The minimum absolute atomic E-state index is 0.0328. The van der Waals surface area contributed by atoms with Crippen LogP contribution >= 0.6 is 23.2 Å². The highest BCUT2D eigenvalue weighted by atomic mass is 35.5. The van der Waals surface area contributed by atoms with Gasteiger partial charge >= 0.3 is 6.09 Å². The van der Waals surface area contributed by atoms with Crippen LogP contribution in [0.25, 0.3) is 28.1 Å². The quantitative estimate of drug-likeness (QED) is 0.147. The summed E-state index contributed by atoms with van der Waals surface area (Å²) in [5.74, 6) is 0.730. The Hall–Kier alpha value is -4.84. The third kappa shape index (κ3) is 9.18. The van der Waals surface area contributed by atoms with Crippen LogP contribution in [0.15, 0.2) is 97.2 Å². The minimum Gasteiger partial charge on any atom is -0.490 e. The van der Waals surface area contributed by atoms with E-state index in [9.17, 15) is 18.0 Å². The zero-order valence-electron chi connectivity index (χ0n) is 30.9. The summed E-state index contributed by atoms with van der Waals surface area (Å²) in [6.07, 6.45) is 3.67. The van der Waals surface area contributed by atoms with Gasteiger partial charge in [-0.15, -0.1) is 0 Å². The Labute approximate surface area is 331 Å². The van der Waals surface area contributed by atoms with Crippen molar-refractivity contribution < 1.29 is 27.5 Å². The van der Waals surface area contributed by atoms with Crippen LogP contribution in [0.1, 0.15) is 45.0 Å². The van der Waals surface area contributed by atoms with Crippen LogP contribution in [0.5, 0.6) is 5.75 Å². The molecule has 1 aromatic heterocycles. The van der Waals surface area contributed by atoms with Gasteiger partial charge in [0.1, 0.15) is 23.4 Å². The predicted molar refractivity (Wildman–Crippen MR) is 216 cm³/mol. The molecular weight excluding hydrogens is 759 g/mol. The van der Waals surface area contributed by atoms with E-state index in [1.807, 2.05) is 74.0 Å². The van der Waals surface area contributed by atoms with Gasteiger partial charge in [0, 0.05) is 54.8 Å². The van der Waals surface area contributed by atoms with Crippen LogP contribution in [-0.2, 0) is 26.0 Å². The zero-order chi connectivity index (χ0) is 38.9. The van der Waals surface area contributed by atoms with E-state index in [4.69, 9.17) is 37.7 Å². The fraction of sp³-hybridized carbons (Fsp3) is 0.310. The summed E-state index contributed by atoms with van der Waals surface area (Å²) in [7, 11) is -3.68. The lowest BCUT2D eigenvalue weighted by atomic mass is 9.99. The summed E-state index contributed by atoms with van der Waals surface area (Å²) in [5.41, 5.74) is 5.68.